The van der Waals surface area contributed by atoms with Crippen molar-refractivity contribution in [2.24, 2.45) is 0 Å². The number of nitrogens with one attached hydrogen (secondary N) is 3. The van der Waals surface area contributed by atoms with E-state index in [-0.39, 0.29) is 11.2 Å². The molecule has 3 heterocycles. The van der Waals surface area contributed by atoms with Gasteiger partial charge in [0.05, 0.1) is 12.9 Å². The second-order valence-electron chi connectivity index (χ2n) is 4.26. The summed E-state index contributed by atoms with van der Waals surface area (Å²) in [5.74, 6) is 0. The Labute approximate surface area is 115 Å². The van der Waals surface area contributed by atoms with E-state index in [9.17, 15) is 9.59 Å². The second-order valence-corrected chi connectivity index (χ2v) is 4.26. The molecule has 11 nitrogen and oxygen atoms in total. The van der Waals surface area contributed by atoms with E-state index in [1.165, 1.54) is 6.33 Å². The zero-order chi connectivity index (χ0) is 15.6. The van der Waals surface area contributed by atoms with Crippen molar-refractivity contribution in [3.05, 3.63) is 27.2 Å². The summed E-state index contributed by atoms with van der Waals surface area (Å²) in [6.07, 6.45) is -3.41. The van der Waals surface area contributed by atoms with Crippen LogP contribution in [0.25, 0.3) is 11.2 Å². The number of imidazole rings is 1. The fraction of sp³-hybridized carbons (Fsp3) is 0.500. The summed E-state index contributed by atoms with van der Waals surface area (Å²) < 4.78 is 4.54. The largest absolute Gasteiger partial charge is 0.394 e. The van der Waals surface area contributed by atoms with E-state index in [1.807, 2.05) is 0 Å². The summed E-state index contributed by atoms with van der Waals surface area (Å²) >= 11 is 0. The summed E-state index contributed by atoms with van der Waals surface area (Å²) in [7, 11) is 0. The Kier molecular flexibility index (Phi) is 4.50. The van der Waals surface area contributed by atoms with Crippen LogP contribution in [0.4, 0.5) is 0 Å². The topological polar surface area (TPSA) is 185 Å². The zero-order valence-corrected chi connectivity index (χ0v) is 10.6. The third kappa shape index (κ3) is 3.17. The lowest BCUT2D eigenvalue weighted by molar-refractivity contribution is -0.132. The number of aliphatic hydroxyl groups is 4. The fourth-order valence-corrected chi connectivity index (χ4v) is 1.75. The maximum Gasteiger partial charge on any atom is 0.327 e. The smallest absolute Gasteiger partial charge is 0.327 e. The van der Waals surface area contributed by atoms with Gasteiger partial charge in [0.2, 0.25) is 0 Å². The maximum absolute atomic E-state index is 10.9. The van der Waals surface area contributed by atoms with Crippen LogP contribution in [0.5, 0.6) is 0 Å². The molecule has 0 saturated carbocycles. The Morgan fingerprint density at radius 1 is 1.19 bits per heavy atom. The molecule has 1 aliphatic rings. The van der Waals surface area contributed by atoms with Crippen molar-refractivity contribution in [2.75, 3.05) is 6.61 Å². The Morgan fingerprint density at radius 3 is 2.43 bits per heavy atom. The first-order valence-corrected chi connectivity index (χ1v) is 5.90. The molecule has 4 atom stereocenters. The summed E-state index contributed by atoms with van der Waals surface area (Å²) in [4.78, 5) is 32.3. The molecule has 11 heteroatoms. The monoisotopic (exact) mass is 302 g/mol. The molecule has 21 heavy (non-hydrogen) atoms. The molecule has 0 bridgehead atoms. The normalized spacial score (nSPS) is 28.4. The van der Waals surface area contributed by atoms with Gasteiger partial charge in [-0.2, -0.15) is 0 Å². The number of rotatable bonds is 1. The highest BCUT2D eigenvalue weighted by molar-refractivity contribution is 5.67. The maximum atomic E-state index is 10.9. The van der Waals surface area contributed by atoms with E-state index in [0.717, 1.165) is 0 Å². The molecule has 1 aliphatic heterocycles. The quantitative estimate of drug-likeness (QED) is 0.281. The van der Waals surface area contributed by atoms with E-state index < -0.39 is 42.5 Å². The van der Waals surface area contributed by atoms with Crippen molar-refractivity contribution >= 4 is 11.2 Å². The van der Waals surface area contributed by atoms with E-state index in [1.54, 1.807) is 0 Å². The van der Waals surface area contributed by atoms with Crippen LogP contribution in [-0.4, -0.2) is 71.6 Å². The van der Waals surface area contributed by atoms with Gasteiger partial charge in [0.25, 0.3) is 5.56 Å². The van der Waals surface area contributed by atoms with Gasteiger partial charge >= 0.3 is 5.69 Å². The Morgan fingerprint density at radius 2 is 1.90 bits per heavy atom. The number of aliphatic hydroxyl groups excluding tert-OH is 4. The molecule has 0 spiro atoms. The van der Waals surface area contributed by atoms with Crippen LogP contribution in [0.2, 0.25) is 0 Å². The number of nitrogens with zero attached hydrogens (tertiary/aromatic N) is 1. The molecule has 2 aromatic heterocycles. The molecule has 0 aromatic carbocycles. The molecule has 0 radical (unpaired) electrons. The SMILES string of the molecule is O=c1[nH]c(=O)c2[nH]cnc2[nH]1.OC[C@H]1OC(O)[C@@H](O)[C@@H]1O. The first kappa shape index (κ1) is 15.3. The first-order chi connectivity index (χ1) is 9.93. The number of aromatic nitrogens is 4. The van der Waals surface area contributed by atoms with E-state index in [2.05, 4.69) is 24.7 Å². The molecule has 116 valence electrons. The fourth-order valence-electron chi connectivity index (χ4n) is 1.75. The van der Waals surface area contributed by atoms with Crippen molar-refractivity contribution in [1.29, 1.82) is 0 Å². The predicted octanol–water partition coefficient (Wildman–Crippen LogP) is -3.64. The molecule has 7 N–H and O–H groups in total. The molecular formula is C10H14N4O7. The van der Waals surface area contributed by atoms with Gasteiger partial charge in [0.1, 0.15) is 23.8 Å². The highest BCUT2D eigenvalue weighted by Gasteiger charge is 2.41. The minimum absolute atomic E-state index is 0.277. The van der Waals surface area contributed by atoms with Gasteiger partial charge in [-0.25, -0.2) is 9.78 Å². The van der Waals surface area contributed by atoms with Crippen LogP contribution in [0.1, 0.15) is 0 Å². The molecule has 0 amide bonds. The lowest BCUT2D eigenvalue weighted by Crippen LogP contribution is -2.33. The first-order valence-electron chi connectivity index (χ1n) is 5.90. The van der Waals surface area contributed by atoms with Crippen LogP contribution < -0.4 is 11.2 Å². The van der Waals surface area contributed by atoms with Gasteiger partial charge in [-0.1, -0.05) is 0 Å². The summed E-state index contributed by atoms with van der Waals surface area (Å²) in [6.45, 7) is -0.407. The number of fused-ring (bicyclic) bond motifs is 1. The third-order valence-electron chi connectivity index (χ3n) is 2.84. The minimum atomic E-state index is -1.38. The molecule has 1 fully saturated rings. The number of H-pyrrole nitrogens is 3. The number of ether oxygens (including phenoxy) is 1. The predicted molar refractivity (Wildman–Crippen MR) is 67.3 cm³/mol. The lowest BCUT2D eigenvalue weighted by atomic mass is 10.1. The van der Waals surface area contributed by atoms with Gasteiger partial charge < -0.3 is 30.1 Å². The highest BCUT2D eigenvalue weighted by atomic mass is 16.6. The summed E-state index contributed by atoms with van der Waals surface area (Å²) in [5, 5.41) is 35.0. The standard InChI is InChI=1S/C5H4N4O2.C5H10O5/c10-4-2-3(7-1-6-2)8-5(11)9-4;6-1-2-3(7)4(8)5(9)10-2/h1H,(H3,6,7,8,9,10,11);2-9H,1H2/t;2-,3-,4+,5?/m.1/s1. The van der Waals surface area contributed by atoms with Crippen molar-refractivity contribution in [1.82, 2.24) is 19.9 Å². The Bertz CT molecular complexity index is 707. The second kappa shape index (κ2) is 6.15. The van der Waals surface area contributed by atoms with E-state index in [4.69, 9.17) is 20.4 Å². The van der Waals surface area contributed by atoms with Gasteiger partial charge in [0, 0.05) is 0 Å². The molecule has 2 aromatic rings. The van der Waals surface area contributed by atoms with E-state index >= 15 is 0 Å². The number of aromatic amines is 3. The number of hydrogen-bond donors (Lipinski definition) is 7. The van der Waals surface area contributed by atoms with Crippen LogP contribution in [0.3, 0.4) is 0 Å². The third-order valence-corrected chi connectivity index (χ3v) is 2.84. The lowest BCUT2D eigenvalue weighted by Gasteiger charge is -2.09. The molecule has 1 unspecified atom stereocenters. The molecule has 1 saturated heterocycles. The van der Waals surface area contributed by atoms with E-state index in [0.29, 0.717) is 0 Å². The summed E-state index contributed by atoms with van der Waals surface area (Å²) in [6, 6.07) is 0. The van der Waals surface area contributed by atoms with Crippen LogP contribution in [-0.2, 0) is 4.74 Å². The van der Waals surface area contributed by atoms with Crippen molar-refractivity contribution in [2.45, 2.75) is 24.6 Å². The van der Waals surface area contributed by atoms with Gasteiger partial charge in [-0.05, 0) is 0 Å². The van der Waals surface area contributed by atoms with Gasteiger partial charge in [-0.15, -0.1) is 0 Å². The average molecular weight is 302 g/mol. The van der Waals surface area contributed by atoms with Crippen molar-refractivity contribution in [3.8, 4) is 0 Å². The minimum Gasteiger partial charge on any atom is -0.394 e. The Hall–Kier alpha value is -2.05. The average Bonchev–Trinajstić information content (AvgIpc) is 3.00. The van der Waals surface area contributed by atoms with Gasteiger partial charge in [-0.3, -0.25) is 14.8 Å². The summed E-state index contributed by atoms with van der Waals surface area (Å²) in [5.41, 5.74) is -0.445. The van der Waals surface area contributed by atoms with Crippen molar-refractivity contribution < 1.29 is 25.2 Å². The molecule has 0 aliphatic carbocycles. The molecular weight excluding hydrogens is 288 g/mol. The Balaban J connectivity index is 0.000000155. The van der Waals surface area contributed by atoms with Crippen molar-refractivity contribution in [3.63, 3.8) is 0 Å². The number of hydrogen-bond acceptors (Lipinski definition) is 8. The zero-order valence-electron chi connectivity index (χ0n) is 10.6. The van der Waals surface area contributed by atoms with Crippen LogP contribution in [0.15, 0.2) is 15.9 Å². The van der Waals surface area contributed by atoms with Gasteiger partial charge in [0.15, 0.2) is 11.9 Å². The van der Waals surface area contributed by atoms with Crippen LogP contribution >= 0.6 is 0 Å². The van der Waals surface area contributed by atoms with Crippen LogP contribution in [0, 0.1) is 0 Å². The molecule has 3 rings (SSSR count). The highest BCUT2D eigenvalue weighted by Crippen LogP contribution is 2.18.